The molecule has 0 atom stereocenters. The second kappa shape index (κ2) is 8.19. The van der Waals surface area contributed by atoms with Gasteiger partial charge in [0.1, 0.15) is 0 Å². The van der Waals surface area contributed by atoms with E-state index in [0.29, 0.717) is 12.2 Å². The van der Waals surface area contributed by atoms with Crippen LogP contribution in [0.3, 0.4) is 0 Å². The van der Waals surface area contributed by atoms with Gasteiger partial charge in [-0.15, -0.1) is 0 Å². The minimum absolute atomic E-state index is 0.215. The number of ether oxygens (including phenoxy) is 1. The smallest absolute Gasteiger partial charge is 0.340 e. The van der Waals surface area contributed by atoms with E-state index in [9.17, 15) is 4.79 Å². The van der Waals surface area contributed by atoms with Gasteiger partial charge in [-0.25, -0.2) is 4.79 Å². The quantitative estimate of drug-likeness (QED) is 0.498. The van der Waals surface area contributed by atoms with Crippen molar-refractivity contribution in [2.45, 2.75) is 46.0 Å². The van der Waals surface area contributed by atoms with E-state index in [4.69, 9.17) is 4.74 Å². The normalized spacial score (nSPS) is 13.0. The average molecular weight is 337 g/mol. The van der Waals surface area contributed by atoms with Crippen LogP contribution >= 0.6 is 0 Å². The van der Waals surface area contributed by atoms with Gasteiger partial charge in [-0.1, -0.05) is 56.0 Å². The number of hydrogen-bond donors (Lipinski definition) is 0. The van der Waals surface area contributed by atoms with Gasteiger partial charge < -0.3 is 9.64 Å². The molecule has 0 spiro atoms. The van der Waals surface area contributed by atoms with Gasteiger partial charge in [-0.2, -0.15) is 0 Å². The predicted molar refractivity (Wildman–Crippen MR) is 103 cm³/mol. The van der Waals surface area contributed by atoms with E-state index in [0.717, 1.165) is 31.5 Å². The summed E-state index contributed by atoms with van der Waals surface area (Å²) in [5, 5.41) is 0. The van der Waals surface area contributed by atoms with Crippen molar-refractivity contribution in [3.05, 3.63) is 59.2 Å². The lowest BCUT2D eigenvalue weighted by Gasteiger charge is -2.22. The van der Waals surface area contributed by atoms with Gasteiger partial charge in [-0.3, -0.25) is 0 Å². The number of fused-ring (bicyclic) bond motifs is 1. The Labute approximate surface area is 150 Å². The Hall–Kier alpha value is -2.29. The van der Waals surface area contributed by atoms with E-state index >= 15 is 0 Å². The number of carbonyl (C=O) groups is 1. The lowest BCUT2D eigenvalue weighted by atomic mass is 10.1. The molecule has 1 heterocycles. The topological polar surface area (TPSA) is 29.5 Å². The molecule has 0 aromatic heterocycles. The lowest BCUT2D eigenvalue weighted by Crippen LogP contribution is -2.18. The first-order valence-electron chi connectivity index (χ1n) is 9.34. The molecule has 132 valence electrons. The van der Waals surface area contributed by atoms with E-state index in [1.165, 1.54) is 29.7 Å². The van der Waals surface area contributed by atoms with Crippen LogP contribution in [0.15, 0.2) is 42.5 Å². The molecule has 0 amide bonds. The van der Waals surface area contributed by atoms with E-state index in [2.05, 4.69) is 36.9 Å². The van der Waals surface area contributed by atoms with Crippen molar-refractivity contribution in [2.75, 3.05) is 18.1 Å². The number of carbonyl (C=O) groups excluding carboxylic acids is 1. The summed E-state index contributed by atoms with van der Waals surface area (Å²) in [5.41, 5.74) is 5.44. The zero-order valence-electron chi connectivity index (χ0n) is 15.3. The Kier molecular flexibility index (Phi) is 5.75. The van der Waals surface area contributed by atoms with Crippen molar-refractivity contribution in [1.82, 2.24) is 0 Å². The highest BCUT2D eigenvalue weighted by Gasteiger charge is 2.24. The fraction of sp³-hybridized carbons (Fsp3) is 0.409. The summed E-state index contributed by atoms with van der Waals surface area (Å²) in [6, 6.07) is 14.3. The monoisotopic (exact) mass is 337 g/mol. The van der Waals surface area contributed by atoms with Gasteiger partial charge >= 0.3 is 5.97 Å². The summed E-state index contributed by atoms with van der Waals surface area (Å²) in [6.07, 6.45) is 5.44. The van der Waals surface area contributed by atoms with E-state index in [1.54, 1.807) is 0 Å². The maximum Gasteiger partial charge on any atom is 0.340 e. The van der Waals surface area contributed by atoms with Crippen molar-refractivity contribution >= 4 is 17.3 Å². The summed E-state index contributed by atoms with van der Waals surface area (Å²) in [6.45, 7) is 5.70. The van der Waals surface area contributed by atoms with Gasteiger partial charge in [0, 0.05) is 12.2 Å². The molecule has 0 unspecified atom stereocenters. The van der Waals surface area contributed by atoms with Crippen molar-refractivity contribution in [1.29, 1.82) is 0 Å². The first-order chi connectivity index (χ1) is 12.2. The largest absolute Gasteiger partial charge is 0.462 e. The van der Waals surface area contributed by atoms with Crippen LogP contribution in [0.5, 0.6) is 0 Å². The standard InChI is InChI=1S/C22H27NO2/c1-3-4-5-8-15-25-22(24)19-9-6-7-10-21(19)23-14-13-18-16-17(2)11-12-20(18)23/h6-7,9-12,16H,3-5,8,13-15H2,1-2H3. The summed E-state index contributed by atoms with van der Waals surface area (Å²) >= 11 is 0. The van der Waals surface area contributed by atoms with Crippen LogP contribution in [0.4, 0.5) is 11.4 Å². The molecule has 0 bridgehead atoms. The number of rotatable bonds is 7. The third kappa shape index (κ3) is 4.04. The molecule has 3 rings (SSSR count). The zero-order chi connectivity index (χ0) is 17.6. The fourth-order valence-electron chi connectivity index (χ4n) is 3.43. The minimum Gasteiger partial charge on any atom is -0.462 e. The number of para-hydroxylation sites is 1. The van der Waals surface area contributed by atoms with E-state index in [1.807, 2.05) is 24.3 Å². The van der Waals surface area contributed by atoms with Gasteiger partial charge in [0.25, 0.3) is 0 Å². The minimum atomic E-state index is -0.215. The van der Waals surface area contributed by atoms with Crippen molar-refractivity contribution in [3.63, 3.8) is 0 Å². The van der Waals surface area contributed by atoms with Gasteiger partial charge in [-0.05, 0) is 43.5 Å². The summed E-state index contributed by atoms with van der Waals surface area (Å²) in [7, 11) is 0. The highest BCUT2D eigenvalue weighted by molar-refractivity contribution is 5.97. The molecular weight excluding hydrogens is 310 g/mol. The average Bonchev–Trinajstić information content (AvgIpc) is 3.04. The molecule has 0 fully saturated rings. The van der Waals surface area contributed by atoms with Crippen LogP contribution < -0.4 is 4.90 Å². The third-order valence-electron chi connectivity index (χ3n) is 4.78. The van der Waals surface area contributed by atoms with Gasteiger partial charge in [0.15, 0.2) is 0 Å². The molecule has 0 N–H and O–H groups in total. The highest BCUT2D eigenvalue weighted by atomic mass is 16.5. The SMILES string of the molecule is CCCCCCOC(=O)c1ccccc1N1CCc2cc(C)ccc21. The summed E-state index contributed by atoms with van der Waals surface area (Å²) < 4.78 is 5.52. The molecule has 0 saturated carbocycles. The van der Waals surface area contributed by atoms with Crippen LogP contribution in [0.2, 0.25) is 0 Å². The Morgan fingerprint density at radius 3 is 2.76 bits per heavy atom. The Morgan fingerprint density at radius 2 is 1.92 bits per heavy atom. The highest BCUT2D eigenvalue weighted by Crippen LogP contribution is 2.36. The van der Waals surface area contributed by atoms with Crippen LogP contribution in [-0.2, 0) is 11.2 Å². The van der Waals surface area contributed by atoms with Crippen molar-refractivity contribution in [2.24, 2.45) is 0 Å². The summed E-state index contributed by atoms with van der Waals surface area (Å²) in [4.78, 5) is 14.8. The first kappa shape index (κ1) is 17.5. The van der Waals surface area contributed by atoms with E-state index < -0.39 is 0 Å². The number of nitrogens with zero attached hydrogens (tertiary/aromatic N) is 1. The van der Waals surface area contributed by atoms with Crippen molar-refractivity contribution in [3.8, 4) is 0 Å². The maximum absolute atomic E-state index is 12.6. The van der Waals surface area contributed by atoms with E-state index in [-0.39, 0.29) is 5.97 Å². The second-order valence-electron chi connectivity index (χ2n) is 6.75. The molecule has 0 aliphatic carbocycles. The predicted octanol–water partition coefficient (Wildman–Crippen LogP) is 5.43. The first-order valence-corrected chi connectivity index (χ1v) is 9.34. The van der Waals surface area contributed by atoms with Crippen molar-refractivity contribution < 1.29 is 9.53 Å². The Balaban J connectivity index is 1.75. The third-order valence-corrected chi connectivity index (χ3v) is 4.78. The number of hydrogen-bond acceptors (Lipinski definition) is 3. The Morgan fingerprint density at radius 1 is 1.08 bits per heavy atom. The molecule has 3 heteroatoms. The number of esters is 1. The number of aryl methyl sites for hydroxylation is 1. The lowest BCUT2D eigenvalue weighted by molar-refractivity contribution is 0.0498. The van der Waals surface area contributed by atoms with Crippen LogP contribution in [0.25, 0.3) is 0 Å². The molecule has 0 saturated heterocycles. The second-order valence-corrected chi connectivity index (χ2v) is 6.75. The van der Waals surface area contributed by atoms with Gasteiger partial charge in [0.2, 0.25) is 0 Å². The molecule has 0 radical (unpaired) electrons. The molecule has 25 heavy (non-hydrogen) atoms. The molecule has 1 aliphatic rings. The number of anilines is 2. The molecule has 2 aromatic rings. The molecular formula is C22H27NO2. The van der Waals surface area contributed by atoms with Gasteiger partial charge in [0.05, 0.1) is 17.9 Å². The maximum atomic E-state index is 12.6. The van der Waals surface area contributed by atoms with Crippen LogP contribution in [-0.4, -0.2) is 19.1 Å². The molecule has 1 aliphatic heterocycles. The molecule has 3 nitrogen and oxygen atoms in total. The van der Waals surface area contributed by atoms with Crippen LogP contribution in [0.1, 0.15) is 54.1 Å². The zero-order valence-corrected chi connectivity index (χ0v) is 15.3. The fourth-order valence-corrected chi connectivity index (χ4v) is 3.43. The molecule has 2 aromatic carbocycles. The number of unbranched alkanes of at least 4 members (excludes halogenated alkanes) is 3. The Bertz CT molecular complexity index is 739. The van der Waals surface area contributed by atoms with Crippen LogP contribution in [0, 0.1) is 6.92 Å². The summed E-state index contributed by atoms with van der Waals surface area (Å²) in [5.74, 6) is -0.215. The number of benzene rings is 2.